The predicted octanol–water partition coefficient (Wildman–Crippen LogP) is 7.89. The Morgan fingerprint density at radius 2 is 1.62 bits per heavy atom. The molecule has 0 aliphatic heterocycles. The molecule has 202 valence electrons. The Bertz CT molecular complexity index is 1390. The monoisotopic (exact) mass is 538 g/mol. The Morgan fingerprint density at radius 3 is 2.31 bits per heavy atom. The summed E-state index contributed by atoms with van der Waals surface area (Å²) in [6.07, 6.45) is 3.59. The van der Waals surface area contributed by atoms with Crippen molar-refractivity contribution in [2.24, 2.45) is 5.92 Å². The standard InChI is InChI=1S/C34H38N2O2S/c1-4-5-12-25-17-18-30-28(20-25)29(21-31(35-30)27-15-10-7-11-16-27)34(38)36-32(33(37)19-24(2)3)23-39-22-26-13-8-6-9-14-26/h6-11,13-18,20-21,24,32H,4-5,12,19,22-23H2,1-3H3,(H,36,38). The third kappa shape index (κ3) is 8.03. The Hall–Kier alpha value is -3.44. The number of unbranched alkanes of at least 4 members (excludes halogenated alkanes) is 1. The van der Waals surface area contributed by atoms with Crippen molar-refractivity contribution in [1.82, 2.24) is 10.3 Å². The van der Waals surface area contributed by atoms with Gasteiger partial charge in [0.1, 0.15) is 0 Å². The second-order valence-electron chi connectivity index (χ2n) is 10.5. The predicted molar refractivity (Wildman–Crippen MR) is 164 cm³/mol. The van der Waals surface area contributed by atoms with Gasteiger partial charge in [0.05, 0.1) is 22.8 Å². The van der Waals surface area contributed by atoms with Crippen LogP contribution in [-0.4, -0.2) is 28.5 Å². The first-order valence-corrected chi connectivity index (χ1v) is 15.0. The Balaban J connectivity index is 1.65. The van der Waals surface area contributed by atoms with E-state index in [1.165, 1.54) is 11.1 Å². The summed E-state index contributed by atoms with van der Waals surface area (Å²) in [6, 6.07) is 27.7. The van der Waals surface area contributed by atoms with Gasteiger partial charge in [-0.2, -0.15) is 11.8 Å². The highest BCUT2D eigenvalue weighted by Crippen LogP contribution is 2.27. The number of nitrogens with zero attached hydrogens (tertiary/aromatic N) is 1. The number of hydrogen-bond acceptors (Lipinski definition) is 4. The van der Waals surface area contributed by atoms with E-state index in [1.807, 2.05) is 74.5 Å². The van der Waals surface area contributed by atoms with Crippen molar-refractivity contribution in [1.29, 1.82) is 0 Å². The fourth-order valence-electron chi connectivity index (χ4n) is 4.62. The molecule has 4 aromatic rings. The largest absolute Gasteiger partial charge is 0.341 e. The molecule has 0 bridgehead atoms. The van der Waals surface area contributed by atoms with Gasteiger partial charge in [-0.25, -0.2) is 4.98 Å². The van der Waals surface area contributed by atoms with Gasteiger partial charge in [0, 0.05) is 28.9 Å². The number of ketones is 1. The Labute approximate surface area is 236 Å². The second kappa shape index (κ2) is 14.1. The van der Waals surface area contributed by atoms with E-state index < -0.39 is 6.04 Å². The zero-order valence-corrected chi connectivity index (χ0v) is 24.0. The average molecular weight is 539 g/mol. The maximum atomic E-state index is 13.9. The first-order chi connectivity index (χ1) is 18.9. The van der Waals surface area contributed by atoms with Crippen LogP contribution in [0, 0.1) is 5.92 Å². The normalized spacial score (nSPS) is 12.0. The van der Waals surface area contributed by atoms with Crippen LogP contribution in [0.2, 0.25) is 0 Å². The maximum absolute atomic E-state index is 13.9. The highest BCUT2D eigenvalue weighted by Gasteiger charge is 2.24. The molecular weight excluding hydrogens is 500 g/mol. The zero-order valence-electron chi connectivity index (χ0n) is 23.2. The van der Waals surface area contributed by atoms with Crippen LogP contribution in [0.25, 0.3) is 22.2 Å². The molecule has 0 aliphatic rings. The molecule has 4 rings (SSSR count). The molecule has 0 spiro atoms. The van der Waals surface area contributed by atoms with Crippen molar-refractivity contribution in [3.63, 3.8) is 0 Å². The quantitative estimate of drug-likeness (QED) is 0.188. The minimum Gasteiger partial charge on any atom is -0.341 e. The molecule has 3 aromatic carbocycles. The Morgan fingerprint density at radius 1 is 0.897 bits per heavy atom. The van der Waals surface area contributed by atoms with Crippen LogP contribution in [0.5, 0.6) is 0 Å². The molecule has 0 fully saturated rings. The molecule has 0 radical (unpaired) electrons. The molecule has 0 saturated carbocycles. The van der Waals surface area contributed by atoms with Gasteiger partial charge >= 0.3 is 0 Å². The van der Waals surface area contributed by atoms with E-state index >= 15 is 0 Å². The number of carbonyl (C=O) groups excluding carboxylic acids is 2. The van der Waals surface area contributed by atoms with Crippen LogP contribution in [0.3, 0.4) is 0 Å². The summed E-state index contributed by atoms with van der Waals surface area (Å²) in [6.45, 7) is 6.25. The SMILES string of the molecule is CCCCc1ccc2nc(-c3ccccc3)cc(C(=O)NC(CSCc3ccccc3)C(=O)CC(C)C)c2c1. The number of aryl methyl sites for hydroxylation is 1. The van der Waals surface area contributed by atoms with Crippen molar-refractivity contribution < 1.29 is 9.59 Å². The molecule has 4 nitrogen and oxygen atoms in total. The lowest BCUT2D eigenvalue weighted by atomic mass is 9.99. The summed E-state index contributed by atoms with van der Waals surface area (Å²) in [5.41, 5.74) is 5.44. The Kier molecular flexibility index (Phi) is 10.3. The number of Topliss-reactive ketones (excluding diaryl/α,β-unsaturated/α-hetero) is 1. The third-order valence-corrected chi connectivity index (χ3v) is 7.81. The van der Waals surface area contributed by atoms with Gasteiger partial charge in [0.15, 0.2) is 5.78 Å². The molecule has 1 amide bonds. The number of aromatic nitrogens is 1. The lowest BCUT2D eigenvalue weighted by molar-refractivity contribution is -0.121. The van der Waals surface area contributed by atoms with Crippen molar-refractivity contribution in [2.45, 2.75) is 58.2 Å². The second-order valence-corrected chi connectivity index (χ2v) is 11.5. The fraction of sp³-hybridized carbons (Fsp3) is 0.324. The van der Waals surface area contributed by atoms with E-state index in [0.717, 1.165) is 47.2 Å². The van der Waals surface area contributed by atoms with Crippen LogP contribution in [0.15, 0.2) is 84.9 Å². The summed E-state index contributed by atoms with van der Waals surface area (Å²) < 4.78 is 0. The molecule has 1 N–H and O–H groups in total. The molecular formula is C34H38N2O2S. The number of benzene rings is 3. The molecule has 0 aliphatic carbocycles. The van der Waals surface area contributed by atoms with E-state index in [4.69, 9.17) is 4.98 Å². The highest BCUT2D eigenvalue weighted by molar-refractivity contribution is 7.98. The number of amides is 1. The van der Waals surface area contributed by atoms with Gasteiger partial charge in [-0.15, -0.1) is 0 Å². The van der Waals surface area contributed by atoms with Gasteiger partial charge in [-0.1, -0.05) is 93.9 Å². The molecule has 1 aromatic heterocycles. The van der Waals surface area contributed by atoms with Crippen LogP contribution in [0.1, 0.15) is 61.5 Å². The topological polar surface area (TPSA) is 59.1 Å². The molecule has 39 heavy (non-hydrogen) atoms. The maximum Gasteiger partial charge on any atom is 0.252 e. The summed E-state index contributed by atoms with van der Waals surface area (Å²) in [5, 5.41) is 3.95. The lowest BCUT2D eigenvalue weighted by Gasteiger charge is -2.20. The average Bonchev–Trinajstić information content (AvgIpc) is 2.95. The summed E-state index contributed by atoms with van der Waals surface area (Å²) >= 11 is 1.67. The van der Waals surface area contributed by atoms with Crippen molar-refractivity contribution in [3.8, 4) is 11.3 Å². The van der Waals surface area contributed by atoms with Crippen LogP contribution < -0.4 is 5.32 Å². The number of pyridine rings is 1. The minimum atomic E-state index is -0.555. The van der Waals surface area contributed by atoms with E-state index in [0.29, 0.717) is 17.7 Å². The fourth-order valence-corrected chi connectivity index (χ4v) is 5.67. The number of hydrogen-bond donors (Lipinski definition) is 1. The smallest absolute Gasteiger partial charge is 0.252 e. The molecule has 0 saturated heterocycles. The van der Waals surface area contributed by atoms with Gasteiger partial charge in [0.2, 0.25) is 0 Å². The van der Waals surface area contributed by atoms with Crippen LogP contribution in [-0.2, 0) is 17.0 Å². The van der Waals surface area contributed by atoms with Crippen molar-refractivity contribution >= 4 is 34.4 Å². The molecule has 1 atom stereocenters. The van der Waals surface area contributed by atoms with E-state index in [9.17, 15) is 9.59 Å². The number of nitrogens with one attached hydrogen (secondary N) is 1. The van der Waals surface area contributed by atoms with Crippen LogP contribution >= 0.6 is 11.8 Å². The van der Waals surface area contributed by atoms with Gasteiger partial charge < -0.3 is 5.32 Å². The number of carbonyl (C=O) groups is 2. The van der Waals surface area contributed by atoms with Gasteiger partial charge in [-0.3, -0.25) is 9.59 Å². The molecule has 5 heteroatoms. The number of fused-ring (bicyclic) bond motifs is 1. The summed E-state index contributed by atoms with van der Waals surface area (Å²) in [4.78, 5) is 32.0. The van der Waals surface area contributed by atoms with E-state index in [1.54, 1.807) is 11.8 Å². The molecule has 1 heterocycles. The minimum absolute atomic E-state index is 0.0733. The first-order valence-electron chi connectivity index (χ1n) is 13.9. The first kappa shape index (κ1) is 28.6. The van der Waals surface area contributed by atoms with Crippen molar-refractivity contribution in [3.05, 3.63) is 102 Å². The van der Waals surface area contributed by atoms with Gasteiger partial charge in [-0.05, 0) is 48.1 Å². The lowest BCUT2D eigenvalue weighted by Crippen LogP contribution is -2.43. The summed E-state index contributed by atoms with van der Waals surface area (Å²) in [7, 11) is 0. The highest BCUT2D eigenvalue weighted by atomic mass is 32.2. The van der Waals surface area contributed by atoms with E-state index in [-0.39, 0.29) is 17.6 Å². The number of thioether (sulfide) groups is 1. The van der Waals surface area contributed by atoms with Crippen molar-refractivity contribution in [2.75, 3.05) is 5.75 Å². The summed E-state index contributed by atoms with van der Waals surface area (Å²) in [5.74, 6) is 1.39. The zero-order chi connectivity index (χ0) is 27.6. The number of rotatable bonds is 13. The third-order valence-electron chi connectivity index (χ3n) is 6.71. The van der Waals surface area contributed by atoms with Gasteiger partial charge in [0.25, 0.3) is 5.91 Å². The van der Waals surface area contributed by atoms with Crippen LogP contribution in [0.4, 0.5) is 0 Å². The molecule has 1 unspecified atom stereocenters. The van der Waals surface area contributed by atoms with E-state index in [2.05, 4.69) is 36.5 Å².